The Labute approximate surface area is 158 Å². The van der Waals surface area contributed by atoms with E-state index in [0.29, 0.717) is 36.6 Å². The third-order valence-corrected chi connectivity index (χ3v) is 7.18. The summed E-state index contributed by atoms with van der Waals surface area (Å²) in [5.74, 6) is 2.76. The molecule has 5 fully saturated rings. The molecular formula is C20H27N3O4. The lowest BCUT2D eigenvalue weighted by molar-refractivity contribution is -0.166. The Kier molecular flexibility index (Phi) is 4.02. The molecule has 7 heteroatoms. The molecule has 1 saturated heterocycles. The number of esters is 1. The molecule has 1 aromatic heterocycles. The van der Waals surface area contributed by atoms with E-state index in [-0.39, 0.29) is 29.8 Å². The highest BCUT2D eigenvalue weighted by Crippen LogP contribution is 2.60. The zero-order chi connectivity index (χ0) is 18.6. The van der Waals surface area contributed by atoms with Gasteiger partial charge in [-0.1, -0.05) is 0 Å². The van der Waals surface area contributed by atoms with Gasteiger partial charge in [0.2, 0.25) is 11.8 Å². The van der Waals surface area contributed by atoms with Crippen molar-refractivity contribution in [1.82, 2.24) is 15.1 Å². The van der Waals surface area contributed by atoms with Crippen LogP contribution in [0.2, 0.25) is 0 Å². The van der Waals surface area contributed by atoms with Crippen LogP contribution in [-0.2, 0) is 20.9 Å². The highest BCUT2D eigenvalue weighted by molar-refractivity contribution is 5.89. The number of aryl methyl sites for hydroxylation is 1. The zero-order valence-electron chi connectivity index (χ0n) is 15.9. The van der Waals surface area contributed by atoms with Crippen LogP contribution in [-0.4, -0.2) is 39.6 Å². The second kappa shape index (κ2) is 6.31. The molecule has 0 spiro atoms. The summed E-state index contributed by atoms with van der Waals surface area (Å²) in [6.07, 6.45) is 8.54. The van der Waals surface area contributed by atoms with Crippen LogP contribution in [0.25, 0.3) is 0 Å². The highest BCUT2D eigenvalue weighted by Gasteiger charge is 2.56. The van der Waals surface area contributed by atoms with Crippen molar-refractivity contribution in [2.75, 3.05) is 6.54 Å². The molecule has 4 bridgehead atoms. The molecule has 2 heterocycles. The van der Waals surface area contributed by atoms with Gasteiger partial charge in [0.05, 0.1) is 5.41 Å². The third kappa shape index (κ3) is 2.95. The van der Waals surface area contributed by atoms with Crippen molar-refractivity contribution in [3.8, 4) is 0 Å². The number of rotatable bonds is 4. The predicted octanol–water partition coefficient (Wildman–Crippen LogP) is 2.63. The summed E-state index contributed by atoms with van der Waals surface area (Å²) in [6.45, 7) is 2.33. The quantitative estimate of drug-likeness (QED) is 0.754. The lowest BCUT2D eigenvalue weighted by Gasteiger charge is -2.56. The Morgan fingerprint density at radius 2 is 1.81 bits per heavy atom. The molecule has 0 N–H and O–H groups in total. The van der Waals surface area contributed by atoms with Crippen molar-refractivity contribution in [2.24, 2.45) is 23.2 Å². The van der Waals surface area contributed by atoms with Gasteiger partial charge in [-0.3, -0.25) is 4.79 Å². The summed E-state index contributed by atoms with van der Waals surface area (Å²) < 4.78 is 10.7. The minimum atomic E-state index is -0.463. The monoisotopic (exact) mass is 373 g/mol. The van der Waals surface area contributed by atoms with E-state index in [4.69, 9.17) is 9.15 Å². The smallest absolute Gasteiger partial charge is 0.329 e. The number of nitrogens with zero attached hydrogens (tertiary/aromatic N) is 3. The fourth-order valence-electron chi connectivity index (χ4n) is 6.56. The van der Waals surface area contributed by atoms with Crippen LogP contribution in [0.15, 0.2) is 4.42 Å². The second-order valence-corrected chi connectivity index (χ2v) is 9.18. The largest absolute Gasteiger partial charge is 0.454 e. The van der Waals surface area contributed by atoms with E-state index in [1.807, 2.05) is 4.90 Å². The first-order valence-corrected chi connectivity index (χ1v) is 10.3. The summed E-state index contributed by atoms with van der Waals surface area (Å²) in [5, 5.41) is 7.59. The van der Waals surface area contributed by atoms with Gasteiger partial charge in [-0.15, -0.1) is 10.2 Å². The van der Waals surface area contributed by atoms with Gasteiger partial charge in [-0.2, -0.15) is 0 Å². The maximum Gasteiger partial charge on any atom is 0.329 e. The summed E-state index contributed by atoms with van der Waals surface area (Å²) in [5.41, 5.74) is -0.207. The van der Waals surface area contributed by atoms with Gasteiger partial charge in [0.15, 0.2) is 6.61 Å². The van der Waals surface area contributed by atoms with Crippen LogP contribution in [0.3, 0.4) is 0 Å². The minimum Gasteiger partial charge on any atom is -0.454 e. The molecule has 6 rings (SSSR count). The predicted molar refractivity (Wildman–Crippen MR) is 94.2 cm³/mol. The van der Waals surface area contributed by atoms with Gasteiger partial charge in [-0.25, -0.2) is 4.79 Å². The first kappa shape index (κ1) is 17.2. The number of likely N-dealkylation sites (tertiary alicyclic amines) is 1. The molecular weight excluding hydrogens is 346 g/mol. The van der Waals surface area contributed by atoms with E-state index in [0.717, 1.165) is 25.7 Å². The van der Waals surface area contributed by atoms with E-state index in [2.05, 4.69) is 10.2 Å². The average molecular weight is 373 g/mol. The molecule has 1 aliphatic heterocycles. The van der Waals surface area contributed by atoms with Crippen molar-refractivity contribution in [2.45, 2.75) is 70.9 Å². The third-order valence-electron chi connectivity index (χ3n) is 7.18. The molecule has 5 aliphatic rings. The van der Waals surface area contributed by atoms with Crippen molar-refractivity contribution in [3.63, 3.8) is 0 Å². The van der Waals surface area contributed by atoms with Crippen molar-refractivity contribution >= 4 is 11.9 Å². The maximum absolute atomic E-state index is 13.6. The number of ether oxygens (including phenoxy) is 1. The van der Waals surface area contributed by atoms with Crippen molar-refractivity contribution in [1.29, 1.82) is 0 Å². The Morgan fingerprint density at radius 1 is 1.15 bits per heavy atom. The first-order chi connectivity index (χ1) is 13.0. The number of aromatic nitrogens is 2. The molecule has 4 aliphatic carbocycles. The van der Waals surface area contributed by atoms with E-state index in [1.165, 1.54) is 19.3 Å². The van der Waals surface area contributed by atoms with Crippen LogP contribution >= 0.6 is 0 Å². The van der Waals surface area contributed by atoms with Gasteiger partial charge in [-0.05, 0) is 69.1 Å². The van der Waals surface area contributed by atoms with Crippen LogP contribution in [0, 0.1) is 30.1 Å². The van der Waals surface area contributed by atoms with Crippen LogP contribution in [0.1, 0.15) is 63.1 Å². The fraction of sp³-hybridized carbons (Fsp3) is 0.800. The summed E-state index contributed by atoms with van der Waals surface area (Å²) in [7, 11) is 0. The molecule has 4 saturated carbocycles. The van der Waals surface area contributed by atoms with E-state index in [9.17, 15) is 9.59 Å². The topological polar surface area (TPSA) is 85.5 Å². The number of carbonyl (C=O) groups excluding carboxylic acids is 2. The van der Waals surface area contributed by atoms with Gasteiger partial charge in [0.1, 0.15) is 6.04 Å². The van der Waals surface area contributed by atoms with Crippen molar-refractivity contribution < 1.29 is 18.7 Å². The number of hydrogen-bond acceptors (Lipinski definition) is 6. The van der Waals surface area contributed by atoms with Gasteiger partial charge >= 0.3 is 5.97 Å². The fourth-order valence-corrected chi connectivity index (χ4v) is 6.56. The molecule has 1 unspecified atom stereocenters. The molecule has 1 atom stereocenters. The van der Waals surface area contributed by atoms with E-state index in [1.54, 1.807) is 6.92 Å². The van der Waals surface area contributed by atoms with Crippen LogP contribution in [0.4, 0.5) is 0 Å². The van der Waals surface area contributed by atoms with Gasteiger partial charge in [0.25, 0.3) is 5.89 Å². The number of amides is 1. The normalized spacial score (nSPS) is 37.0. The summed E-state index contributed by atoms with van der Waals surface area (Å²) in [6, 6.07) is -0.463. The zero-order valence-corrected chi connectivity index (χ0v) is 15.9. The molecule has 0 aromatic carbocycles. The molecule has 146 valence electrons. The molecule has 0 radical (unpaired) electrons. The molecule has 27 heavy (non-hydrogen) atoms. The SMILES string of the molecule is Cc1nnc(COC(=O)C2CCCN2C(=O)C23CC4CC(CC(C4)C2)C3)o1. The van der Waals surface area contributed by atoms with Crippen molar-refractivity contribution in [3.05, 3.63) is 11.8 Å². The standard InChI is InChI=1S/C20H27N3O4/c1-12-21-22-17(27-12)11-26-18(24)16-3-2-4-23(16)19(25)20-8-13-5-14(9-20)7-15(6-13)10-20/h13-16H,2-11H2,1H3. The van der Waals surface area contributed by atoms with Gasteiger partial charge < -0.3 is 14.1 Å². The lowest BCUT2D eigenvalue weighted by Crippen LogP contribution is -2.56. The molecule has 1 aromatic rings. The first-order valence-electron chi connectivity index (χ1n) is 10.3. The van der Waals surface area contributed by atoms with Crippen LogP contribution < -0.4 is 0 Å². The Morgan fingerprint density at radius 3 is 2.41 bits per heavy atom. The van der Waals surface area contributed by atoms with Gasteiger partial charge in [0, 0.05) is 13.5 Å². The molecule has 7 nitrogen and oxygen atoms in total. The average Bonchev–Trinajstić information content (AvgIpc) is 3.27. The second-order valence-electron chi connectivity index (χ2n) is 9.18. The Balaban J connectivity index is 1.28. The maximum atomic E-state index is 13.6. The summed E-state index contributed by atoms with van der Waals surface area (Å²) in [4.78, 5) is 28.1. The number of hydrogen-bond donors (Lipinski definition) is 0. The molecule has 1 amide bonds. The van der Waals surface area contributed by atoms with Crippen LogP contribution in [0.5, 0.6) is 0 Å². The van der Waals surface area contributed by atoms with E-state index < -0.39 is 6.04 Å². The summed E-state index contributed by atoms with van der Waals surface area (Å²) >= 11 is 0. The minimum absolute atomic E-state index is 0.0322. The van der Waals surface area contributed by atoms with E-state index >= 15 is 0 Å². The highest BCUT2D eigenvalue weighted by atomic mass is 16.5. The lowest BCUT2D eigenvalue weighted by atomic mass is 9.49. The number of carbonyl (C=O) groups is 2. The Hall–Kier alpha value is -1.92. The Bertz CT molecular complexity index is 723.